The highest BCUT2D eigenvalue weighted by Crippen LogP contribution is 2.29. The molecule has 0 unspecified atom stereocenters. The van der Waals surface area contributed by atoms with Gasteiger partial charge in [-0.25, -0.2) is 4.39 Å². The predicted octanol–water partition coefficient (Wildman–Crippen LogP) is 3.46. The highest BCUT2D eigenvalue weighted by Gasteiger charge is 2.30. The van der Waals surface area contributed by atoms with Crippen molar-refractivity contribution >= 4 is 11.6 Å². The van der Waals surface area contributed by atoms with Crippen molar-refractivity contribution in [3.8, 4) is 0 Å². The van der Waals surface area contributed by atoms with Gasteiger partial charge in [0.1, 0.15) is 5.82 Å². The summed E-state index contributed by atoms with van der Waals surface area (Å²) in [6.45, 7) is 6.02. The Hall–Kier alpha value is -0.640. The van der Waals surface area contributed by atoms with Gasteiger partial charge in [0.25, 0.3) is 0 Å². The fourth-order valence-corrected chi connectivity index (χ4v) is 2.93. The van der Waals surface area contributed by atoms with Crippen molar-refractivity contribution < 1.29 is 9.50 Å². The van der Waals surface area contributed by atoms with Gasteiger partial charge < -0.3 is 5.11 Å². The number of hydrogen-bond donors (Lipinski definition) is 1. The average molecular weight is 286 g/mol. The van der Waals surface area contributed by atoms with E-state index in [0.717, 1.165) is 25.9 Å². The molecule has 4 heteroatoms. The molecule has 0 atom stereocenters. The van der Waals surface area contributed by atoms with Crippen LogP contribution in [0.25, 0.3) is 0 Å². The molecule has 1 heterocycles. The zero-order valence-corrected chi connectivity index (χ0v) is 12.3. The lowest BCUT2D eigenvalue weighted by atomic mass is 9.83. The first-order valence-corrected chi connectivity index (χ1v) is 7.13. The second-order valence-corrected chi connectivity index (χ2v) is 6.31. The number of halogens is 2. The summed E-state index contributed by atoms with van der Waals surface area (Å²) < 4.78 is 13.7. The van der Waals surface area contributed by atoms with Gasteiger partial charge in [-0.3, -0.25) is 4.90 Å². The lowest BCUT2D eigenvalue weighted by Crippen LogP contribution is -2.41. The molecule has 1 aliphatic rings. The molecule has 1 aliphatic heterocycles. The first kappa shape index (κ1) is 14.8. The summed E-state index contributed by atoms with van der Waals surface area (Å²) in [6, 6.07) is 4.80. The number of benzene rings is 1. The maximum absolute atomic E-state index is 13.7. The Morgan fingerprint density at radius 1 is 1.37 bits per heavy atom. The molecule has 0 radical (unpaired) electrons. The Labute approximate surface area is 119 Å². The van der Waals surface area contributed by atoms with Gasteiger partial charge >= 0.3 is 0 Å². The van der Waals surface area contributed by atoms with Crippen LogP contribution in [0.15, 0.2) is 18.2 Å². The van der Waals surface area contributed by atoms with E-state index < -0.39 is 5.60 Å². The van der Waals surface area contributed by atoms with Gasteiger partial charge in [-0.1, -0.05) is 17.7 Å². The van der Waals surface area contributed by atoms with E-state index in [4.69, 9.17) is 11.6 Å². The molecular weight excluding hydrogens is 265 g/mol. The molecule has 106 valence electrons. The van der Waals surface area contributed by atoms with Crippen LogP contribution >= 0.6 is 11.6 Å². The van der Waals surface area contributed by atoms with Crippen molar-refractivity contribution in [2.45, 2.75) is 38.8 Å². The van der Waals surface area contributed by atoms with Gasteiger partial charge in [0.2, 0.25) is 0 Å². The molecule has 1 fully saturated rings. The van der Waals surface area contributed by atoms with E-state index in [2.05, 4.69) is 4.90 Å². The molecule has 2 rings (SSSR count). The molecule has 0 saturated carbocycles. The standard InChI is InChI=1S/C15H21ClFNO/c1-15(2,19)11-6-8-18(9-7-11)10-12-13(16)4-3-5-14(12)17/h3-5,11,19H,6-10H2,1-2H3. The van der Waals surface area contributed by atoms with Gasteiger partial charge in [-0.15, -0.1) is 0 Å². The van der Waals surface area contributed by atoms with Crippen molar-refractivity contribution in [3.63, 3.8) is 0 Å². The fourth-order valence-electron chi connectivity index (χ4n) is 2.70. The van der Waals surface area contributed by atoms with Crippen LogP contribution in [0.3, 0.4) is 0 Å². The van der Waals surface area contributed by atoms with Crippen LogP contribution in [0.4, 0.5) is 4.39 Å². The van der Waals surface area contributed by atoms with Crippen LogP contribution in [0.1, 0.15) is 32.3 Å². The van der Waals surface area contributed by atoms with E-state index in [1.807, 2.05) is 13.8 Å². The number of likely N-dealkylation sites (tertiary alicyclic amines) is 1. The summed E-state index contributed by atoms with van der Waals surface area (Å²) in [5.41, 5.74) is -0.0484. The molecule has 1 N–H and O–H groups in total. The van der Waals surface area contributed by atoms with Crippen molar-refractivity contribution in [2.75, 3.05) is 13.1 Å². The van der Waals surface area contributed by atoms with E-state index in [1.54, 1.807) is 12.1 Å². The summed E-state index contributed by atoms with van der Waals surface area (Å²) in [5, 5.41) is 10.5. The predicted molar refractivity (Wildman–Crippen MR) is 75.7 cm³/mol. The topological polar surface area (TPSA) is 23.5 Å². The Morgan fingerprint density at radius 3 is 2.53 bits per heavy atom. The third-order valence-corrected chi connectivity index (χ3v) is 4.38. The monoisotopic (exact) mass is 285 g/mol. The van der Waals surface area contributed by atoms with E-state index in [0.29, 0.717) is 23.0 Å². The van der Waals surface area contributed by atoms with Crippen LogP contribution in [-0.4, -0.2) is 28.7 Å². The number of piperidine rings is 1. The lowest BCUT2D eigenvalue weighted by molar-refractivity contribution is -0.0137. The molecule has 0 aromatic heterocycles. The summed E-state index contributed by atoms with van der Waals surface area (Å²) in [4.78, 5) is 2.20. The number of rotatable bonds is 3. The molecule has 1 aromatic rings. The first-order chi connectivity index (χ1) is 8.88. The van der Waals surface area contributed by atoms with Crippen LogP contribution in [0.5, 0.6) is 0 Å². The van der Waals surface area contributed by atoms with E-state index in [-0.39, 0.29) is 5.82 Å². The van der Waals surface area contributed by atoms with Crippen LogP contribution in [-0.2, 0) is 6.54 Å². The smallest absolute Gasteiger partial charge is 0.129 e. The molecule has 0 aliphatic carbocycles. The molecule has 0 spiro atoms. The number of aliphatic hydroxyl groups is 1. The third-order valence-electron chi connectivity index (χ3n) is 4.03. The zero-order chi connectivity index (χ0) is 14.0. The van der Waals surface area contributed by atoms with Crippen LogP contribution in [0.2, 0.25) is 5.02 Å². The lowest BCUT2D eigenvalue weighted by Gasteiger charge is -2.37. The highest BCUT2D eigenvalue weighted by atomic mass is 35.5. The quantitative estimate of drug-likeness (QED) is 0.919. The summed E-state index contributed by atoms with van der Waals surface area (Å²) in [5.74, 6) is 0.0805. The van der Waals surface area contributed by atoms with Crippen LogP contribution in [0, 0.1) is 11.7 Å². The van der Waals surface area contributed by atoms with Gasteiger partial charge in [0, 0.05) is 17.1 Å². The van der Waals surface area contributed by atoms with E-state index in [1.165, 1.54) is 6.07 Å². The SMILES string of the molecule is CC(C)(O)C1CCN(Cc2c(F)cccc2Cl)CC1. The van der Waals surface area contributed by atoms with Gasteiger partial charge in [-0.05, 0) is 57.8 Å². The van der Waals surface area contributed by atoms with Crippen molar-refractivity contribution in [1.82, 2.24) is 4.90 Å². The van der Waals surface area contributed by atoms with E-state index >= 15 is 0 Å². The molecule has 1 saturated heterocycles. The normalized spacial score (nSPS) is 18.8. The molecule has 0 bridgehead atoms. The Kier molecular flexibility index (Phi) is 4.49. The van der Waals surface area contributed by atoms with Crippen molar-refractivity contribution in [3.05, 3.63) is 34.6 Å². The highest BCUT2D eigenvalue weighted by molar-refractivity contribution is 6.31. The number of hydrogen-bond acceptors (Lipinski definition) is 2. The largest absolute Gasteiger partial charge is 0.390 e. The molecule has 2 nitrogen and oxygen atoms in total. The third kappa shape index (κ3) is 3.68. The van der Waals surface area contributed by atoms with Crippen LogP contribution < -0.4 is 0 Å². The van der Waals surface area contributed by atoms with Gasteiger partial charge in [0.15, 0.2) is 0 Å². The van der Waals surface area contributed by atoms with Gasteiger partial charge in [-0.2, -0.15) is 0 Å². The molecule has 19 heavy (non-hydrogen) atoms. The second kappa shape index (κ2) is 5.78. The Morgan fingerprint density at radius 2 is 2.00 bits per heavy atom. The summed E-state index contributed by atoms with van der Waals surface area (Å²) >= 11 is 6.04. The van der Waals surface area contributed by atoms with E-state index in [9.17, 15) is 9.50 Å². The van der Waals surface area contributed by atoms with Crippen molar-refractivity contribution in [1.29, 1.82) is 0 Å². The summed E-state index contributed by atoms with van der Waals surface area (Å²) in [6.07, 6.45) is 1.88. The van der Waals surface area contributed by atoms with Crippen molar-refractivity contribution in [2.24, 2.45) is 5.92 Å². The average Bonchev–Trinajstić information content (AvgIpc) is 2.33. The number of nitrogens with zero attached hydrogens (tertiary/aromatic N) is 1. The summed E-state index contributed by atoms with van der Waals surface area (Å²) in [7, 11) is 0. The Bertz CT molecular complexity index is 416. The van der Waals surface area contributed by atoms with Gasteiger partial charge in [0.05, 0.1) is 5.60 Å². The molecular formula is C15H21ClFNO. The maximum Gasteiger partial charge on any atom is 0.129 e. The second-order valence-electron chi connectivity index (χ2n) is 5.90. The minimum absolute atomic E-state index is 0.239. The minimum atomic E-state index is -0.623. The first-order valence-electron chi connectivity index (χ1n) is 6.75. The molecule has 0 amide bonds. The Balaban J connectivity index is 1.96. The fraction of sp³-hybridized carbons (Fsp3) is 0.600. The maximum atomic E-state index is 13.7. The minimum Gasteiger partial charge on any atom is -0.390 e. The zero-order valence-electron chi connectivity index (χ0n) is 11.5. The molecule has 1 aromatic carbocycles.